The second kappa shape index (κ2) is 11.1. The smallest absolute Gasteiger partial charge is 0.303 e. The van der Waals surface area contributed by atoms with E-state index in [9.17, 15) is 22.4 Å². The number of amides is 1. The summed E-state index contributed by atoms with van der Waals surface area (Å²) in [6.45, 7) is 0.688. The Morgan fingerprint density at radius 3 is 2.44 bits per heavy atom. The lowest BCUT2D eigenvalue weighted by molar-refractivity contribution is -0.138. The maximum Gasteiger partial charge on any atom is 0.303 e. The van der Waals surface area contributed by atoms with Crippen LogP contribution in [0.15, 0.2) is 53.4 Å². The monoisotopic (exact) mass is 555 g/mol. The Labute approximate surface area is 227 Å². The number of carbonyl (C=O) groups excluding carboxylic acids is 1. The van der Waals surface area contributed by atoms with Crippen molar-refractivity contribution in [1.82, 2.24) is 14.2 Å². The van der Waals surface area contributed by atoms with E-state index in [-0.39, 0.29) is 41.0 Å². The van der Waals surface area contributed by atoms with Crippen molar-refractivity contribution in [3.8, 4) is 0 Å². The maximum absolute atomic E-state index is 13.4. The number of carboxylic acids is 1. The Balaban J connectivity index is 1.21. The largest absolute Gasteiger partial charge is 0.481 e. The zero-order valence-corrected chi connectivity index (χ0v) is 22.8. The molecule has 1 aromatic heterocycles. The summed E-state index contributed by atoms with van der Waals surface area (Å²) in [5.41, 5.74) is 2.51. The summed E-state index contributed by atoms with van der Waals surface area (Å²) in [5.74, 6) is -1.21. The van der Waals surface area contributed by atoms with E-state index >= 15 is 0 Å². The lowest BCUT2D eigenvalue weighted by Crippen LogP contribution is -2.42. The van der Waals surface area contributed by atoms with Crippen molar-refractivity contribution in [2.75, 3.05) is 6.54 Å². The molecule has 2 aromatic carbocycles. The number of likely N-dealkylation sites (tertiary alicyclic amines) is 1. The third-order valence-electron chi connectivity index (χ3n) is 8.21. The molecule has 2 N–H and O–H groups in total. The molecule has 3 aromatic rings. The van der Waals surface area contributed by atoms with Gasteiger partial charge in [0.2, 0.25) is 15.9 Å². The molecule has 2 fully saturated rings. The van der Waals surface area contributed by atoms with Crippen molar-refractivity contribution in [3.63, 3.8) is 0 Å². The van der Waals surface area contributed by atoms with Gasteiger partial charge in [-0.05, 0) is 86.2 Å². The normalized spacial score (nSPS) is 21.9. The molecule has 10 heteroatoms. The van der Waals surface area contributed by atoms with Gasteiger partial charge in [-0.25, -0.2) is 17.5 Å². The molecule has 2 heterocycles. The van der Waals surface area contributed by atoms with Gasteiger partial charge in [-0.1, -0.05) is 18.2 Å². The van der Waals surface area contributed by atoms with Crippen LogP contribution in [0.2, 0.25) is 0 Å². The number of hydrogen-bond donors (Lipinski definition) is 2. The number of rotatable bonds is 8. The van der Waals surface area contributed by atoms with Crippen LogP contribution in [-0.2, 0) is 33.1 Å². The van der Waals surface area contributed by atoms with Crippen LogP contribution in [0.4, 0.5) is 4.39 Å². The third kappa shape index (κ3) is 5.86. The van der Waals surface area contributed by atoms with Gasteiger partial charge in [0.05, 0.1) is 17.4 Å². The second-order valence-electron chi connectivity index (χ2n) is 10.7. The number of aromatic nitrogens is 1. The van der Waals surface area contributed by atoms with Crippen LogP contribution in [0.25, 0.3) is 10.9 Å². The predicted octanol–water partition coefficient (Wildman–Crippen LogP) is 4.54. The Morgan fingerprint density at radius 2 is 1.74 bits per heavy atom. The predicted molar refractivity (Wildman–Crippen MR) is 145 cm³/mol. The highest BCUT2D eigenvalue weighted by Gasteiger charge is 2.36. The van der Waals surface area contributed by atoms with Crippen molar-refractivity contribution < 1.29 is 27.5 Å². The van der Waals surface area contributed by atoms with Crippen LogP contribution < -0.4 is 4.72 Å². The van der Waals surface area contributed by atoms with E-state index in [4.69, 9.17) is 5.11 Å². The number of nitrogens with zero attached hydrogens (tertiary/aromatic N) is 2. The highest BCUT2D eigenvalue weighted by atomic mass is 32.2. The highest BCUT2D eigenvalue weighted by molar-refractivity contribution is 7.89. The van der Waals surface area contributed by atoms with E-state index < -0.39 is 16.0 Å². The average Bonchev–Trinajstić information content (AvgIpc) is 3.52. The summed E-state index contributed by atoms with van der Waals surface area (Å²) in [5, 5.41) is 9.84. The topological polar surface area (TPSA) is 109 Å². The minimum atomic E-state index is -3.77. The second-order valence-corrected chi connectivity index (χ2v) is 12.4. The van der Waals surface area contributed by atoms with E-state index in [1.165, 1.54) is 12.1 Å². The molecule has 1 unspecified atom stereocenters. The minimum absolute atomic E-state index is 0.00665. The molecule has 0 radical (unpaired) electrons. The van der Waals surface area contributed by atoms with Crippen LogP contribution in [-0.4, -0.2) is 47.5 Å². The van der Waals surface area contributed by atoms with Crippen LogP contribution in [0, 0.1) is 11.7 Å². The van der Waals surface area contributed by atoms with Gasteiger partial charge in [0, 0.05) is 36.8 Å². The van der Waals surface area contributed by atoms with Crippen molar-refractivity contribution in [2.45, 2.75) is 68.3 Å². The van der Waals surface area contributed by atoms with Gasteiger partial charge < -0.3 is 14.6 Å². The molecule has 5 rings (SSSR count). The number of carboxylic acid groups (broad SMARTS) is 1. The first-order chi connectivity index (χ1) is 18.6. The van der Waals surface area contributed by atoms with E-state index in [2.05, 4.69) is 4.72 Å². The third-order valence-corrected chi connectivity index (χ3v) is 9.73. The van der Waals surface area contributed by atoms with Gasteiger partial charge in [0.15, 0.2) is 0 Å². The zero-order chi connectivity index (χ0) is 27.7. The zero-order valence-electron chi connectivity index (χ0n) is 22.0. The van der Waals surface area contributed by atoms with Gasteiger partial charge in [-0.15, -0.1) is 0 Å². The number of aryl methyl sites for hydroxylation is 2. The quantitative estimate of drug-likeness (QED) is 0.424. The summed E-state index contributed by atoms with van der Waals surface area (Å²) < 4.78 is 44.5. The highest BCUT2D eigenvalue weighted by Crippen LogP contribution is 2.36. The van der Waals surface area contributed by atoms with E-state index in [0.717, 1.165) is 35.0 Å². The summed E-state index contributed by atoms with van der Waals surface area (Å²) in [6, 6.07) is 12.9. The summed E-state index contributed by atoms with van der Waals surface area (Å²) in [7, 11) is -1.96. The molecule has 208 valence electrons. The van der Waals surface area contributed by atoms with Gasteiger partial charge in [0.1, 0.15) is 5.82 Å². The molecule has 8 nitrogen and oxygen atoms in total. The number of aliphatic carboxylic acids is 1. The molecule has 1 saturated heterocycles. The lowest BCUT2D eigenvalue weighted by atomic mass is 9.85. The summed E-state index contributed by atoms with van der Waals surface area (Å²) in [4.78, 5) is 26.4. The van der Waals surface area contributed by atoms with Gasteiger partial charge in [-0.2, -0.15) is 0 Å². The van der Waals surface area contributed by atoms with Crippen LogP contribution in [0.1, 0.15) is 62.2 Å². The fourth-order valence-electron chi connectivity index (χ4n) is 6.05. The van der Waals surface area contributed by atoms with E-state index in [0.29, 0.717) is 38.6 Å². The Morgan fingerprint density at radius 1 is 1.03 bits per heavy atom. The lowest BCUT2D eigenvalue weighted by Gasteiger charge is -2.33. The van der Waals surface area contributed by atoms with Crippen molar-refractivity contribution in [2.24, 2.45) is 13.0 Å². The van der Waals surface area contributed by atoms with Crippen LogP contribution >= 0.6 is 0 Å². The first-order valence-corrected chi connectivity index (χ1v) is 15.0. The Kier molecular flexibility index (Phi) is 7.77. The fourth-order valence-corrected chi connectivity index (χ4v) is 7.38. The van der Waals surface area contributed by atoms with Gasteiger partial charge in [-0.3, -0.25) is 9.59 Å². The molecule has 1 aliphatic heterocycles. The number of halogens is 1. The molecule has 2 aliphatic rings. The van der Waals surface area contributed by atoms with Crippen LogP contribution in [0.3, 0.4) is 0 Å². The number of nitrogens with one attached hydrogen (secondary N) is 1. The van der Waals surface area contributed by atoms with Crippen molar-refractivity contribution in [1.29, 1.82) is 0 Å². The average molecular weight is 556 g/mol. The fraction of sp³-hybridized carbons (Fsp3) is 0.448. The van der Waals surface area contributed by atoms with Gasteiger partial charge >= 0.3 is 5.97 Å². The molecule has 1 aliphatic carbocycles. The number of carbonyl (C=O) groups is 2. The van der Waals surface area contributed by atoms with Gasteiger partial charge in [0.25, 0.3) is 0 Å². The van der Waals surface area contributed by atoms with E-state index in [1.54, 1.807) is 30.3 Å². The molecule has 0 spiro atoms. The first-order valence-electron chi connectivity index (χ1n) is 13.5. The molecule has 1 saturated carbocycles. The van der Waals surface area contributed by atoms with Crippen LogP contribution in [0.5, 0.6) is 0 Å². The SMILES string of the molecule is Cn1c(CCC(=O)O)cc2ccc(S(=O)(=O)N[C@H]3CC[C@H](C(=O)N4CCCC4c4ccc(F)cc4)CC3)cc21. The summed E-state index contributed by atoms with van der Waals surface area (Å²) in [6.07, 6.45) is 4.53. The number of benzene rings is 2. The number of hydrogen-bond acceptors (Lipinski definition) is 4. The Hall–Kier alpha value is -3.24. The standard InChI is InChI=1S/C29H34FN3O5S/c1-32-24(13-15-28(34)35)17-21-8-14-25(18-27(21)32)39(37,38)31-23-11-6-20(7-12-23)29(36)33-16-2-3-26(33)19-4-9-22(30)10-5-19/h4-5,8-10,14,17-18,20,23,26,31H,2-3,6-7,11-13,15-16H2,1H3,(H,34,35)/t20-,23-,26?. The Bertz CT molecular complexity index is 1480. The van der Waals surface area contributed by atoms with Crippen molar-refractivity contribution >= 4 is 32.8 Å². The molecule has 1 atom stereocenters. The molecule has 39 heavy (non-hydrogen) atoms. The molecule has 0 bridgehead atoms. The molecule has 1 amide bonds. The number of fused-ring (bicyclic) bond motifs is 1. The first kappa shape index (κ1) is 27.3. The molecular formula is C29H34FN3O5S. The molecular weight excluding hydrogens is 521 g/mol. The minimum Gasteiger partial charge on any atom is -0.481 e. The number of sulfonamides is 1. The maximum atomic E-state index is 13.4. The summed E-state index contributed by atoms with van der Waals surface area (Å²) >= 11 is 0. The van der Waals surface area contributed by atoms with Crippen molar-refractivity contribution in [3.05, 3.63) is 65.6 Å². The van der Waals surface area contributed by atoms with E-state index in [1.807, 2.05) is 22.6 Å².